The molecule has 2 heterocycles. The minimum absolute atomic E-state index is 0.0914. The van der Waals surface area contributed by atoms with Crippen molar-refractivity contribution < 1.29 is 33.4 Å². The molecule has 0 amide bonds. The number of halogens is 1. The van der Waals surface area contributed by atoms with Crippen LogP contribution in [0.15, 0.2) is 12.1 Å². The zero-order chi connectivity index (χ0) is 17.3. The van der Waals surface area contributed by atoms with Gasteiger partial charge in [0.05, 0.1) is 18.6 Å². The van der Waals surface area contributed by atoms with Crippen LogP contribution < -0.4 is 10.2 Å². The van der Waals surface area contributed by atoms with Gasteiger partial charge in [0.25, 0.3) is 0 Å². The van der Waals surface area contributed by atoms with Gasteiger partial charge in [0.15, 0.2) is 6.29 Å². The van der Waals surface area contributed by atoms with Crippen molar-refractivity contribution in [2.45, 2.75) is 45.0 Å². The summed E-state index contributed by atoms with van der Waals surface area (Å²) in [6, 6.07) is 2.69. The maximum atomic E-state index is 14.6. The summed E-state index contributed by atoms with van der Waals surface area (Å²) < 4.78 is 31.0. The number of carboxylic acids is 1. The van der Waals surface area contributed by atoms with E-state index in [2.05, 4.69) is 0 Å². The normalized spacial score (nSPS) is 24.5. The highest BCUT2D eigenvalue weighted by molar-refractivity contribution is 6.61. The zero-order valence-corrected chi connectivity index (χ0v) is 13.4. The lowest BCUT2D eigenvalue weighted by atomic mass is 9.78. The maximum Gasteiger partial charge on any atom is 0.492 e. The third kappa shape index (κ3) is 3.26. The van der Waals surface area contributed by atoms with E-state index < -0.39 is 37.2 Å². The number of fused-ring (bicyclic) bond motifs is 1. The third-order valence-corrected chi connectivity index (χ3v) is 4.49. The van der Waals surface area contributed by atoms with Crippen LogP contribution in [0.4, 0.5) is 4.39 Å². The molecule has 130 valence electrons. The Kier molecular flexibility index (Phi) is 5.08. The van der Waals surface area contributed by atoms with Crippen molar-refractivity contribution in [3.05, 3.63) is 23.5 Å². The summed E-state index contributed by atoms with van der Waals surface area (Å²) in [5.41, 5.74) is 0.305. The van der Waals surface area contributed by atoms with E-state index in [1.807, 2.05) is 0 Å². The molecule has 1 saturated heterocycles. The quantitative estimate of drug-likeness (QED) is 0.794. The van der Waals surface area contributed by atoms with Gasteiger partial charge in [-0.3, -0.25) is 4.79 Å². The summed E-state index contributed by atoms with van der Waals surface area (Å²) in [5, 5.41) is 19.3. The summed E-state index contributed by atoms with van der Waals surface area (Å²) in [4.78, 5) is 11.3. The fraction of sp³-hybridized carbons (Fsp3) is 0.562. The molecule has 1 fully saturated rings. The topological polar surface area (TPSA) is 85.2 Å². The number of carbonyl (C=O) groups is 1. The van der Waals surface area contributed by atoms with Crippen molar-refractivity contribution in [1.29, 1.82) is 0 Å². The van der Waals surface area contributed by atoms with Gasteiger partial charge in [-0.1, -0.05) is 6.92 Å². The molecule has 0 aliphatic carbocycles. The van der Waals surface area contributed by atoms with Crippen molar-refractivity contribution in [3.63, 3.8) is 0 Å². The number of aliphatic carboxylic acids is 1. The van der Waals surface area contributed by atoms with E-state index in [-0.39, 0.29) is 23.2 Å². The first-order chi connectivity index (χ1) is 11.5. The van der Waals surface area contributed by atoms with Crippen LogP contribution in [0.2, 0.25) is 0 Å². The minimum Gasteiger partial charge on any atom is -0.481 e. The van der Waals surface area contributed by atoms with Gasteiger partial charge in [-0.15, -0.1) is 0 Å². The standard InChI is InChI=1S/C16H20BFO6/c1-2-10(16(19)20)15-14-11(17(21)24-15)7-9(8-12(14)18)23-13-5-3-4-6-22-13/h7-8,10,13,15,21H,2-6H2,1H3,(H,19,20). The molecule has 0 spiro atoms. The van der Waals surface area contributed by atoms with E-state index in [4.69, 9.17) is 14.1 Å². The second-order valence-corrected chi connectivity index (χ2v) is 6.08. The van der Waals surface area contributed by atoms with Gasteiger partial charge in [-0.25, -0.2) is 4.39 Å². The van der Waals surface area contributed by atoms with E-state index in [0.29, 0.717) is 6.61 Å². The fourth-order valence-electron chi connectivity index (χ4n) is 3.24. The van der Waals surface area contributed by atoms with Crippen LogP contribution in [-0.4, -0.2) is 36.1 Å². The van der Waals surface area contributed by atoms with Gasteiger partial charge in [0.2, 0.25) is 0 Å². The summed E-state index contributed by atoms with van der Waals surface area (Å²) in [5.74, 6) is -2.41. The molecule has 3 unspecified atom stereocenters. The van der Waals surface area contributed by atoms with Crippen LogP contribution in [0.25, 0.3) is 0 Å². The summed E-state index contributed by atoms with van der Waals surface area (Å²) in [7, 11) is -1.37. The molecular weight excluding hydrogens is 318 g/mol. The van der Waals surface area contributed by atoms with Gasteiger partial charge in [0, 0.05) is 18.1 Å². The molecule has 0 bridgehead atoms. The Morgan fingerprint density at radius 1 is 1.50 bits per heavy atom. The van der Waals surface area contributed by atoms with Crippen molar-refractivity contribution in [2.75, 3.05) is 6.61 Å². The van der Waals surface area contributed by atoms with E-state index in [1.54, 1.807) is 6.92 Å². The molecule has 8 heteroatoms. The van der Waals surface area contributed by atoms with E-state index in [1.165, 1.54) is 12.1 Å². The Morgan fingerprint density at radius 2 is 2.29 bits per heavy atom. The monoisotopic (exact) mass is 338 g/mol. The number of rotatable bonds is 5. The molecule has 0 saturated carbocycles. The second kappa shape index (κ2) is 7.08. The molecule has 3 atom stereocenters. The summed E-state index contributed by atoms with van der Waals surface area (Å²) in [6.07, 6.45) is 1.48. The largest absolute Gasteiger partial charge is 0.492 e. The minimum atomic E-state index is -1.37. The molecule has 0 aromatic heterocycles. The third-order valence-electron chi connectivity index (χ3n) is 4.49. The number of hydrogen-bond donors (Lipinski definition) is 2. The lowest BCUT2D eigenvalue weighted by Crippen LogP contribution is -2.30. The highest BCUT2D eigenvalue weighted by Crippen LogP contribution is 2.36. The zero-order valence-electron chi connectivity index (χ0n) is 13.4. The first kappa shape index (κ1) is 17.2. The second-order valence-electron chi connectivity index (χ2n) is 6.08. The summed E-state index contributed by atoms with van der Waals surface area (Å²) in [6.45, 7) is 2.28. The molecule has 6 nitrogen and oxygen atoms in total. The molecule has 3 rings (SSSR count). The molecule has 1 aromatic carbocycles. The number of ether oxygens (including phenoxy) is 2. The Labute approximate surface area is 139 Å². The lowest BCUT2D eigenvalue weighted by Gasteiger charge is -2.24. The molecule has 2 aliphatic heterocycles. The maximum absolute atomic E-state index is 14.6. The van der Waals surface area contributed by atoms with E-state index in [0.717, 1.165) is 19.3 Å². The van der Waals surface area contributed by atoms with Crippen molar-refractivity contribution in [1.82, 2.24) is 0 Å². The first-order valence-electron chi connectivity index (χ1n) is 8.19. The van der Waals surface area contributed by atoms with Crippen LogP contribution >= 0.6 is 0 Å². The average Bonchev–Trinajstić information content (AvgIpc) is 2.86. The molecular formula is C16H20BFO6. The fourth-order valence-corrected chi connectivity index (χ4v) is 3.24. The van der Waals surface area contributed by atoms with Crippen LogP contribution in [0.3, 0.4) is 0 Å². The Bertz CT molecular complexity index is 619. The summed E-state index contributed by atoms with van der Waals surface area (Å²) >= 11 is 0. The number of hydrogen-bond acceptors (Lipinski definition) is 5. The predicted molar refractivity (Wildman–Crippen MR) is 83.5 cm³/mol. The average molecular weight is 338 g/mol. The smallest absolute Gasteiger partial charge is 0.481 e. The first-order valence-corrected chi connectivity index (χ1v) is 8.19. The molecule has 24 heavy (non-hydrogen) atoms. The highest BCUT2D eigenvalue weighted by Gasteiger charge is 2.43. The Balaban J connectivity index is 1.87. The van der Waals surface area contributed by atoms with Gasteiger partial charge in [-0.05, 0) is 30.8 Å². The molecule has 1 aromatic rings. The van der Waals surface area contributed by atoms with Crippen molar-refractivity contribution in [2.24, 2.45) is 5.92 Å². The SMILES string of the molecule is CCC(C(=O)O)C1OB(O)c2cc(OC3CCCCO3)cc(F)c21. The van der Waals surface area contributed by atoms with Gasteiger partial charge < -0.3 is 24.3 Å². The van der Waals surface area contributed by atoms with E-state index in [9.17, 15) is 19.3 Å². The van der Waals surface area contributed by atoms with Crippen LogP contribution in [0.1, 0.15) is 44.3 Å². The Hall–Kier alpha value is -1.64. The lowest BCUT2D eigenvalue weighted by molar-refractivity contribution is -0.145. The Morgan fingerprint density at radius 3 is 2.92 bits per heavy atom. The van der Waals surface area contributed by atoms with E-state index >= 15 is 0 Å². The van der Waals surface area contributed by atoms with Crippen molar-refractivity contribution >= 4 is 18.6 Å². The molecule has 0 radical (unpaired) electrons. The highest BCUT2D eigenvalue weighted by atomic mass is 19.1. The van der Waals surface area contributed by atoms with Crippen LogP contribution in [0.5, 0.6) is 5.75 Å². The van der Waals surface area contributed by atoms with Gasteiger partial charge in [0.1, 0.15) is 11.6 Å². The van der Waals surface area contributed by atoms with Crippen molar-refractivity contribution in [3.8, 4) is 5.75 Å². The van der Waals surface area contributed by atoms with Crippen LogP contribution in [-0.2, 0) is 14.2 Å². The number of benzene rings is 1. The molecule has 2 aliphatic rings. The number of carboxylic acid groups (broad SMARTS) is 1. The van der Waals surface area contributed by atoms with Crippen LogP contribution in [0, 0.1) is 11.7 Å². The molecule has 2 N–H and O–H groups in total. The predicted octanol–water partition coefficient (Wildman–Crippen LogP) is 1.60. The van der Waals surface area contributed by atoms with Gasteiger partial charge in [-0.2, -0.15) is 0 Å². The van der Waals surface area contributed by atoms with Gasteiger partial charge >= 0.3 is 13.1 Å².